The van der Waals surface area contributed by atoms with E-state index in [1.165, 1.54) is 26.5 Å². The van der Waals surface area contributed by atoms with Gasteiger partial charge in [0.25, 0.3) is 0 Å². The first-order chi connectivity index (χ1) is 10.3. The number of fused-ring (bicyclic) bond motifs is 2. The van der Waals surface area contributed by atoms with Crippen molar-refractivity contribution in [1.29, 1.82) is 0 Å². The van der Waals surface area contributed by atoms with E-state index >= 15 is 0 Å². The minimum atomic E-state index is 0. The molecule has 4 heteroatoms. The molecule has 0 saturated carbocycles. The van der Waals surface area contributed by atoms with Gasteiger partial charge in [-0.3, -0.25) is 0 Å². The molecular formula is C19H17Cl2CrN. The van der Waals surface area contributed by atoms with Crippen LogP contribution in [0.15, 0.2) is 66.4 Å². The van der Waals surface area contributed by atoms with Gasteiger partial charge in [0.2, 0.25) is 0 Å². The topological polar surface area (TPSA) is 12.9 Å². The van der Waals surface area contributed by atoms with Crippen LogP contribution < -0.4 is 4.43 Å². The molecule has 1 aliphatic rings. The molecule has 0 N–H and O–H groups in total. The maximum absolute atomic E-state index is 4.60. The van der Waals surface area contributed by atoms with Gasteiger partial charge in [0.05, 0.1) is 0 Å². The van der Waals surface area contributed by atoms with Gasteiger partial charge in [-0.15, -0.1) is 24.8 Å². The van der Waals surface area contributed by atoms with Crippen molar-refractivity contribution in [2.75, 3.05) is 0 Å². The molecule has 4 rings (SSSR count). The number of para-hydroxylation sites is 1. The SMILES string of the molecule is CC1=Cc2ccccc2[CH]1[Cr][c]1cccc2cccnc12.Cl.Cl. The number of aromatic nitrogens is 1. The zero-order chi connectivity index (χ0) is 14.2. The van der Waals surface area contributed by atoms with Crippen molar-refractivity contribution in [1.82, 2.24) is 4.98 Å². The van der Waals surface area contributed by atoms with Crippen molar-refractivity contribution in [3.05, 3.63) is 77.5 Å². The van der Waals surface area contributed by atoms with Gasteiger partial charge < -0.3 is 0 Å². The Hall–Kier alpha value is -1.30. The monoisotopic (exact) mass is 381 g/mol. The Labute approximate surface area is 155 Å². The Morgan fingerprint density at radius 3 is 2.57 bits per heavy atom. The average Bonchev–Trinajstić information content (AvgIpc) is 2.84. The minimum absolute atomic E-state index is 0. The summed E-state index contributed by atoms with van der Waals surface area (Å²) in [7, 11) is 0. The van der Waals surface area contributed by atoms with Gasteiger partial charge in [0.15, 0.2) is 0 Å². The van der Waals surface area contributed by atoms with Crippen LogP contribution in [0.1, 0.15) is 22.8 Å². The standard InChI is InChI=1S/C10H9.C9H6N.2ClH.Cr/c1-8-6-9-4-2-3-5-10(9)7-8;1-2-6-9-8(4-1)5-3-7-10-9;;;/h2-7H,1H3;1-5,7H;2*1H;. The quantitative estimate of drug-likeness (QED) is 0.612. The molecule has 0 saturated heterocycles. The summed E-state index contributed by atoms with van der Waals surface area (Å²) in [5, 5.41) is 1.24. The molecule has 3 aromatic rings. The summed E-state index contributed by atoms with van der Waals surface area (Å²) in [4.78, 5) is 4.60. The van der Waals surface area contributed by atoms with Gasteiger partial charge in [-0.2, -0.15) is 0 Å². The van der Waals surface area contributed by atoms with Gasteiger partial charge in [0.1, 0.15) is 0 Å². The fourth-order valence-electron chi connectivity index (χ4n) is 2.90. The summed E-state index contributed by atoms with van der Waals surface area (Å²) >= 11 is 0.362. The van der Waals surface area contributed by atoms with Crippen LogP contribution in [0.5, 0.6) is 0 Å². The zero-order valence-electron chi connectivity index (χ0n) is 12.6. The third-order valence-corrected chi connectivity index (χ3v) is 6.17. The molecule has 1 atom stereocenters. The summed E-state index contributed by atoms with van der Waals surface area (Å²) < 4.78 is 1.94. The van der Waals surface area contributed by atoms with E-state index in [1.807, 2.05) is 12.3 Å². The van der Waals surface area contributed by atoms with E-state index in [1.54, 1.807) is 0 Å². The van der Waals surface area contributed by atoms with Crippen LogP contribution in [0.2, 0.25) is 0 Å². The van der Waals surface area contributed by atoms with Crippen molar-refractivity contribution in [2.45, 2.75) is 11.7 Å². The number of nitrogens with zero attached hydrogens (tertiary/aromatic N) is 1. The van der Waals surface area contributed by atoms with E-state index in [9.17, 15) is 0 Å². The second-order valence-corrected chi connectivity index (χ2v) is 7.14. The molecule has 23 heavy (non-hydrogen) atoms. The summed E-state index contributed by atoms with van der Waals surface area (Å²) in [5.74, 6) is 0. The van der Waals surface area contributed by atoms with Crippen LogP contribution in [-0.4, -0.2) is 4.98 Å². The van der Waals surface area contributed by atoms with Crippen LogP contribution >= 0.6 is 24.8 Å². The van der Waals surface area contributed by atoms with E-state index in [0.717, 1.165) is 5.52 Å². The van der Waals surface area contributed by atoms with E-state index in [4.69, 9.17) is 0 Å². The molecule has 0 amide bonds. The minimum Gasteiger partial charge on any atom is -0.147 e. The molecule has 1 nitrogen and oxygen atoms in total. The van der Waals surface area contributed by atoms with Crippen LogP contribution in [0.3, 0.4) is 0 Å². The Kier molecular flexibility index (Phi) is 5.90. The summed E-state index contributed by atoms with van der Waals surface area (Å²) in [5.41, 5.74) is 5.50. The number of rotatable bonds is 2. The predicted octanol–water partition coefficient (Wildman–Crippen LogP) is 4.94. The van der Waals surface area contributed by atoms with Crippen molar-refractivity contribution in [3.8, 4) is 0 Å². The molecule has 0 spiro atoms. The molecular weight excluding hydrogens is 365 g/mol. The third-order valence-electron chi connectivity index (χ3n) is 3.92. The fourth-order valence-corrected chi connectivity index (χ4v) is 4.91. The second kappa shape index (κ2) is 7.51. The molecule has 0 radical (unpaired) electrons. The number of halogens is 2. The van der Waals surface area contributed by atoms with Crippen LogP contribution in [0.4, 0.5) is 0 Å². The summed E-state index contributed by atoms with van der Waals surface area (Å²) in [6.45, 7) is 2.25. The molecule has 0 aliphatic heterocycles. The van der Waals surface area contributed by atoms with Gasteiger partial charge >= 0.3 is 131 Å². The molecule has 1 heterocycles. The van der Waals surface area contributed by atoms with Gasteiger partial charge in [-0.05, 0) is 0 Å². The second-order valence-electron chi connectivity index (χ2n) is 5.35. The largest absolute Gasteiger partial charge is 0.147 e. The van der Waals surface area contributed by atoms with Gasteiger partial charge in [-0.1, -0.05) is 0 Å². The van der Waals surface area contributed by atoms with Crippen LogP contribution in [0.25, 0.3) is 17.0 Å². The Bertz CT molecular complexity index is 855. The Morgan fingerprint density at radius 1 is 0.913 bits per heavy atom. The smallest absolute Gasteiger partial charge is 0.147 e. The van der Waals surface area contributed by atoms with Crippen molar-refractivity contribution in [2.24, 2.45) is 0 Å². The first kappa shape index (κ1) is 18.0. The molecule has 1 unspecified atom stereocenters. The normalized spacial score (nSPS) is 15.3. The number of hydrogen-bond acceptors (Lipinski definition) is 1. The first-order valence-electron chi connectivity index (χ1n) is 7.10. The fraction of sp³-hybridized carbons (Fsp3) is 0.105. The van der Waals surface area contributed by atoms with Crippen LogP contribution in [0, 0.1) is 0 Å². The van der Waals surface area contributed by atoms with E-state index < -0.39 is 0 Å². The Morgan fingerprint density at radius 2 is 1.70 bits per heavy atom. The number of pyridine rings is 1. The van der Waals surface area contributed by atoms with Crippen molar-refractivity contribution in [3.63, 3.8) is 0 Å². The van der Waals surface area contributed by atoms with E-state index in [2.05, 4.69) is 66.5 Å². The number of benzene rings is 2. The molecule has 1 aromatic heterocycles. The third kappa shape index (κ3) is 3.32. The van der Waals surface area contributed by atoms with Crippen molar-refractivity contribution < 1.29 is 15.2 Å². The zero-order valence-corrected chi connectivity index (χ0v) is 15.5. The average molecular weight is 382 g/mol. The van der Waals surface area contributed by atoms with Gasteiger partial charge in [0, 0.05) is 0 Å². The van der Waals surface area contributed by atoms with Crippen molar-refractivity contribution >= 4 is 46.2 Å². The maximum atomic E-state index is 4.60. The first-order valence-corrected chi connectivity index (χ1v) is 8.48. The molecule has 1 aliphatic carbocycles. The molecule has 0 fully saturated rings. The molecule has 2 aromatic carbocycles. The van der Waals surface area contributed by atoms with E-state index in [0.29, 0.717) is 20.0 Å². The molecule has 118 valence electrons. The molecule has 0 bridgehead atoms. The number of allylic oxidation sites excluding steroid dienone is 1. The van der Waals surface area contributed by atoms with E-state index in [-0.39, 0.29) is 24.8 Å². The summed E-state index contributed by atoms with van der Waals surface area (Å²) in [6.07, 6.45) is 4.23. The number of hydrogen-bond donors (Lipinski definition) is 0. The predicted molar refractivity (Wildman–Crippen MR) is 98.7 cm³/mol. The van der Waals surface area contributed by atoms with Gasteiger partial charge in [-0.25, -0.2) is 0 Å². The van der Waals surface area contributed by atoms with Crippen LogP contribution in [-0.2, 0) is 15.2 Å². The maximum Gasteiger partial charge on any atom is -0.147 e. The Balaban J connectivity index is 0.000000960. The summed E-state index contributed by atoms with van der Waals surface area (Å²) in [6, 6.07) is 19.5.